The minimum atomic E-state index is -0.195. The number of nitrogens with zero attached hydrogens (tertiary/aromatic N) is 2. The van der Waals surface area contributed by atoms with Crippen LogP contribution in [-0.2, 0) is 17.9 Å². The van der Waals surface area contributed by atoms with Gasteiger partial charge < -0.3 is 9.88 Å². The second-order valence-electron chi connectivity index (χ2n) is 5.51. The SMILES string of the molecule is C=CC(=O)NCc1nc2ccccc2n1Cc1ccc(C)cc1. The molecule has 0 saturated heterocycles. The van der Waals surface area contributed by atoms with Crippen LogP contribution in [0.4, 0.5) is 0 Å². The number of nitrogens with one attached hydrogen (secondary N) is 1. The first-order valence-corrected chi connectivity index (χ1v) is 7.57. The number of carbonyl (C=O) groups is 1. The van der Waals surface area contributed by atoms with Crippen molar-refractivity contribution in [1.29, 1.82) is 0 Å². The van der Waals surface area contributed by atoms with Gasteiger partial charge in [0, 0.05) is 6.54 Å². The Labute approximate surface area is 135 Å². The maximum atomic E-state index is 11.4. The van der Waals surface area contributed by atoms with E-state index in [9.17, 15) is 4.79 Å². The normalized spacial score (nSPS) is 10.7. The van der Waals surface area contributed by atoms with Crippen LogP contribution < -0.4 is 5.32 Å². The lowest BCUT2D eigenvalue weighted by Gasteiger charge is -2.10. The summed E-state index contributed by atoms with van der Waals surface area (Å²) < 4.78 is 2.14. The van der Waals surface area contributed by atoms with Gasteiger partial charge in [0.25, 0.3) is 0 Å². The highest BCUT2D eigenvalue weighted by Crippen LogP contribution is 2.18. The van der Waals surface area contributed by atoms with Crippen molar-refractivity contribution in [3.8, 4) is 0 Å². The summed E-state index contributed by atoms with van der Waals surface area (Å²) in [5.74, 6) is 0.640. The molecule has 0 fully saturated rings. The van der Waals surface area contributed by atoms with Gasteiger partial charge in [-0.1, -0.05) is 48.5 Å². The quantitative estimate of drug-likeness (QED) is 0.736. The highest BCUT2D eigenvalue weighted by molar-refractivity contribution is 5.86. The van der Waals surface area contributed by atoms with Crippen molar-refractivity contribution in [2.75, 3.05) is 0 Å². The Morgan fingerprint density at radius 1 is 1.22 bits per heavy atom. The Morgan fingerprint density at radius 3 is 2.70 bits per heavy atom. The summed E-state index contributed by atoms with van der Waals surface area (Å²) in [5, 5.41) is 2.80. The van der Waals surface area contributed by atoms with Crippen molar-refractivity contribution in [1.82, 2.24) is 14.9 Å². The predicted octanol–water partition coefficient (Wildman–Crippen LogP) is 3.20. The van der Waals surface area contributed by atoms with Crippen LogP contribution in [-0.4, -0.2) is 15.5 Å². The van der Waals surface area contributed by atoms with Gasteiger partial charge in [-0.25, -0.2) is 4.98 Å². The van der Waals surface area contributed by atoms with Gasteiger partial charge in [-0.15, -0.1) is 0 Å². The van der Waals surface area contributed by atoms with Crippen molar-refractivity contribution in [2.24, 2.45) is 0 Å². The third-order valence-electron chi connectivity index (χ3n) is 3.80. The number of aryl methyl sites for hydroxylation is 1. The Kier molecular flexibility index (Phi) is 4.24. The summed E-state index contributed by atoms with van der Waals surface area (Å²) in [4.78, 5) is 16.1. The zero-order valence-corrected chi connectivity index (χ0v) is 13.1. The Morgan fingerprint density at radius 2 is 1.96 bits per heavy atom. The van der Waals surface area contributed by atoms with Crippen molar-refractivity contribution in [2.45, 2.75) is 20.0 Å². The average molecular weight is 305 g/mol. The van der Waals surface area contributed by atoms with Gasteiger partial charge in [0.05, 0.1) is 17.6 Å². The second-order valence-corrected chi connectivity index (χ2v) is 5.51. The smallest absolute Gasteiger partial charge is 0.243 e. The fourth-order valence-corrected chi connectivity index (χ4v) is 2.55. The molecule has 1 aromatic heterocycles. The molecule has 0 radical (unpaired) electrons. The lowest BCUT2D eigenvalue weighted by molar-refractivity contribution is -0.116. The molecular formula is C19H19N3O. The highest BCUT2D eigenvalue weighted by Gasteiger charge is 2.11. The first-order chi connectivity index (χ1) is 11.2. The number of fused-ring (bicyclic) bond motifs is 1. The zero-order valence-electron chi connectivity index (χ0n) is 13.1. The fourth-order valence-electron chi connectivity index (χ4n) is 2.55. The molecular weight excluding hydrogens is 286 g/mol. The van der Waals surface area contributed by atoms with Crippen LogP contribution in [0, 0.1) is 6.92 Å². The van der Waals surface area contributed by atoms with Gasteiger partial charge in [0.1, 0.15) is 5.82 Å². The van der Waals surface area contributed by atoms with Gasteiger partial charge in [0.15, 0.2) is 0 Å². The van der Waals surface area contributed by atoms with Crippen molar-refractivity contribution >= 4 is 16.9 Å². The van der Waals surface area contributed by atoms with E-state index in [0.717, 1.165) is 23.4 Å². The molecule has 0 aliphatic carbocycles. The summed E-state index contributed by atoms with van der Waals surface area (Å²) >= 11 is 0. The van der Waals surface area contributed by atoms with E-state index < -0.39 is 0 Å². The minimum absolute atomic E-state index is 0.195. The predicted molar refractivity (Wildman–Crippen MR) is 92.1 cm³/mol. The van der Waals surface area contributed by atoms with E-state index in [1.165, 1.54) is 17.2 Å². The first-order valence-electron chi connectivity index (χ1n) is 7.57. The summed E-state index contributed by atoms with van der Waals surface area (Å²) in [6.07, 6.45) is 1.27. The largest absolute Gasteiger partial charge is 0.345 e. The van der Waals surface area contributed by atoms with Crippen molar-refractivity contribution in [3.63, 3.8) is 0 Å². The molecule has 23 heavy (non-hydrogen) atoms. The molecule has 0 bridgehead atoms. The molecule has 0 aliphatic rings. The Hall–Kier alpha value is -2.88. The first kappa shape index (κ1) is 15.0. The van der Waals surface area contributed by atoms with E-state index in [1.807, 2.05) is 18.2 Å². The number of imidazole rings is 1. The van der Waals surface area contributed by atoms with E-state index in [1.54, 1.807) is 0 Å². The third-order valence-corrected chi connectivity index (χ3v) is 3.80. The molecule has 0 unspecified atom stereocenters. The number of hydrogen-bond donors (Lipinski definition) is 1. The van der Waals surface area contributed by atoms with Gasteiger partial charge in [-0.2, -0.15) is 0 Å². The van der Waals surface area contributed by atoms with Gasteiger partial charge in [-0.05, 0) is 30.7 Å². The topological polar surface area (TPSA) is 46.9 Å². The summed E-state index contributed by atoms with van der Waals surface area (Å²) in [5.41, 5.74) is 4.44. The van der Waals surface area contributed by atoms with Crippen LogP contribution in [0.5, 0.6) is 0 Å². The molecule has 0 aliphatic heterocycles. The molecule has 1 amide bonds. The molecule has 3 rings (SSSR count). The molecule has 4 nitrogen and oxygen atoms in total. The monoisotopic (exact) mass is 305 g/mol. The molecule has 0 spiro atoms. The number of benzene rings is 2. The van der Waals surface area contributed by atoms with Crippen LogP contribution >= 0.6 is 0 Å². The molecule has 2 aromatic carbocycles. The zero-order chi connectivity index (χ0) is 16.2. The number of hydrogen-bond acceptors (Lipinski definition) is 2. The average Bonchev–Trinajstić information content (AvgIpc) is 2.92. The Balaban J connectivity index is 1.96. The van der Waals surface area contributed by atoms with Gasteiger partial charge in [-0.3, -0.25) is 4.79 Å². The summed E-state index contributed by atoms with van der Waals surface area (Å²) in [7, 11) is 0. The van der Waals surface area contributed by atoms with E-state index in [2.05, 4.69) is 58.7 Å². The number of carbonyl (C=O) groups excluding carboxylic acids is 1. The van der Waals surface area contributed by atoms with Crippen molar-refractivity contribution in [3.05, 3.63) is 78.1 Å². The number of aromatic nitrogens is 2. The maximum absolute atomic E-state index is 11.4. The standard InChI is InChI=1S/C19H19N3O/c1-3-19(23)20-12-18-21-16-6-4-5-7-17(16)22(18)13-15-10-8-14(2)9-11-15/h3-11H,1,12-13H2,2H3,(H,20,23). The third kappa shape index (κ3) is 3.31. The van der Waals surface area contributed by atoms with Gasteiger partial charge in [0.2, 0.25) is 5.91 Å². The minimum Gasteiger partial charge on any atom is -0.345 e. The van der Waals surface area contributed by atoms with E-state index in [4.69, 9.17) is 0 Å². The molecule has 4 heteroatoms. The Bertz CT molecular complexity index is 847. The number of amides is 1. The maximum Gasteiger partial charge on any atom is 0.243 e. The van der Waals surface area contributed by atoms with Crippen LogP contribution in [0.1, 0.15) is 17.0 Å². The van der Waals surface area contributed by atoms with Crippen molar-refractivity contribution < 1.29 is 4.79 Å². The fraction of sp³-hybridized carbons (Fsp3) is 0.158. The van der Waals surface area contributed by atoms with Crippen LogP contribution in [0.25, 0.3) is 11.0 Å². The van der Waals surface area contributed by atoms with Crippen LogP contribution in [0.3, 0.4) is 0 Å². The molecule has 0 saturated carbocycles. The van der Waals surface area contributed by atoms with Crippen LogP contribution in [0.15, 0.2) is 61.2 Å². The second kappa shape index (κ2) is 6.48. The number of para-hydroxylation sites is 2. The summed E-state index contributed by atoms with van der Waals surface area (Å²) in [6.45, 7) is 6.65. The molecule has 1 N–H and O–H groups in total. The summed E-state index contributed by atoms with van der Waals surface area (Å²) in [6, 6.07) is 16.5. The van der Waals surface area contributed by atoms with Crippen LogP contribution in [0.2, 0.25) is 0 Å². The van der Waals surface area contributed by atoms with E-state index in [0.29, 0.717) is 6.54 Å². The lowest BCUT2D eigenvalue weighted by Crippen LogP contribution is -2.22. The van der Waals surface area contributed by atoms with E-state index >= 15 is 0 Å². The lowest BCUT2D eigenvalue weighted by atomic mass is 10.1. The molecule has 0 atom stereocenters. The number of rotatable bonds is 5. The molecule has 3 aromatic rings. The highest BCUT2D eigenvalue weighted by atomic mass is 16.1. The molecule has 116 valence electrons. The van der Waals surface area contributed by atoms with E-state index in [-0.39, 0.29) is 5.91 Å². The molecule has 1 heterocycles. The van der Waals surface area contributed by atoms with Gasteiger partial charge >= 0.3 is 0 Å².